The van der Waals surface area contributed by atoms with E-state index in [9.17, 15) is 0 Å². The zero-order chi connectivity index (χ0) is 13.1. The molecule has 1 nitrogen and oxygen atoms in total. The third kappa shape index (κ3) is 2.63. The third-order valence-corrected chi connectivity index (χ3v) is 3.45. The minimum Gasteiger partial charge on any atom is -0.344 e. The van der Waals surface area contributed by atoms with Crippen LogP contribution in [0, 0.1) is 6.92 Å². The Morgan fingerprint density at radius 3 is 1.65 bits per heavy atom. The molecule has 3 N–H and O–H groups in total. The Morgan fingerprint density at radius 1 is 0.500 bits per heavy atom. The molecule has 0 radical (unpaired) electrons. The van der Waals surface area contributed by atoms with Gasteiger partial charge in [-0.05, 0) is 34.7 Å². The lowest BCUT2D eigenvalue weighted by Gasteiger charge is -2.12. The number of aryl methyl sites for hydroxylation is 1. The van der Waals surface area contributed by atoms with Gasteiger partial charge in [-0.1, -0.05) is 78.9 Å². The van der Waals surface area contributed by atoms with Gasteiger partial charge in [0.1, 0.15) is 0 Å². The van der Waals surface area contributed by atoms with Crippen molar-refractivity contribution >= 4 is 0 Å². The molecule has 0 fully saturated rings. The minimum atomic E-state index is 0. The van der Waals surface area contributed by atoms with Gasteiger partial charge < -0.3 is 6.15 Å². The first-order valence-corrected chi connectivity index (χ1v) is 6.57. The van der Waals surface area contributed by atoms with Gasteiger partial charge in [0.15, 0.2) is 0 Å². The average Bonchev–Trinajstić information content (AvgIpc) is 2.49. The molecule has 0 aliphatic heterocycles. The molecule has 0 bridgehead atoms. The third-order valence-electron chi connectivity index (χ3n) is 3.45. The molecule has 0 amide bonds. The predicted molar refractivity (Wildman–Crippen MR) is 87.1 cm³/mol. The van der Waals surface area contributed by atoms with E-state index in [4.69, 9.17) is 0 Å². The summed E-state index contributed by atoms with van der Waals surface area (Å²) in [6.07, 6.45) is 0. The molecule has 0 unspecified atom stereocenters. The highest BCUT2D eigenvalue weighted by molar-refractivity contribution is 5.84. The Balaban J connectivity index is 0.00000147. The van der Waals surface area contributed by atoms with Crippen molar-refractivity contribution in [3.63, 3.8) is 0 Å². The van der Waals surface area contributed by atoms with Gasteiger partial charge in [-0.2, -0.15) is 0 Å². The molecule has 3 aromatic carbocycles. The molecule has 0 saturated carbocycles. The number of benzene rings is 3. The van der Waals surface area contributed by atoms with E-state index in [0.717, 1.165) is 0 Å². The zero-order valence-electron chi connectivity index (χ0n) is 11.7. The highest BCUT2D eigenvalue weighted by atomic mass is 14.1. The highest BCUT2D eigenvalue weighted by Crippen LogP contribution is 2.33. The zero-order valence-corrected chi connectivity index (χ0v) is 11.7. The summed E-state index contributed by atoms with van der Waals surface area (Å²) in [6, 6.07) is 27.7. The molecule has 100 valence electrons. The van der Waals surface area contributed by atoms with Gasteiger partial charge >= 0.3 is 0 Å². The van der Waals surface area contributed by atoms with Gasteiger partial charge in [0, 0.05) is 0 Å². The summed E-state index contributed by atoms with van der Waals surface area (Å²) in [5, 5.41) is 0. The van der Waals surface area contributed by atoms with E-state index < -0.39 is 0 Å². The van der Waals surface area contributed by atoms with Crippen molar-refractivity contribution in [2.45, 2.75) is 6.92 Å². The Bertz CT molecular complexity index is 687. The fourth-order valence-electron chi connectivity index (χ4n) is 2.46. The molecule has 3 aromatic rings. The van der Waals surface area contributed by atoms with E-state index in [1.807, 2.05) is 0 Å². The van der Waals surface area contributed by atoms with Crippen LogP contribution in [0.1, 0.15) is 5.56 Å². The van der Waals surface area contributed by atoms with Crippen LogP contribution in [-0.4, -0.2) is 0 Å². The Hall–Kier alpha value is -2.38. The lowest BCUT2D eigenvalue weighted by atomic mass is 9.92. The predicted octanol–water partition coefficient (Wildman–Crippen LogP) is 5.49. The second-order valence-corrected chi connectivity index (χ2v) is 4.73. The van der Waals surface area contributed by atoms with Gasteiger partial charge in [-0.25, -0.2) is 0 Å². The summed E-state index contributed by atoms with van der Waals surface area (Å²) in [4.78, 5) is 0. The van der Waals surface area contributed by atoms with Gasteiger partial charge in [0.05, 0.1) is 0 Å². The van der Waals surface area contributed by atoms with Crippen molar-refractivity contribution in [2.75, 3.05) is 0 Å². The maximum atomic E-state index is 2.20. The fourth-order valence-corrected chi connectivity index (χ4v) is 2.46. The van der Waals surface area contributed by atoms with E-state index in [0.29, 0.717) is 0 Å². The lowest BCUT2D eigenvalue weighted by molar-refractivity contribution is 1.46. The molecule has 0 aliphatic carbocycles. The van der Waals surface area contributed by atoms with Gasteiger partial charge in [-0.3, -0.25) is 0 Å². The minimum absolute atomic E-state index is 0. The van der Waals surface area contributed by atoms with Crippen molar-refractivity contribution in [3.05, 3.63) is 84.4 Å². The van der Waals surface area contributed by atoms with E-state index >= 15 is 0 Å². The molecule has 0 spiro atoms. The Kier molecular flexibility index (Phi) is 4.34. The monoisotopic (exact) mass is 261 g/mol. The topological polar surface area (TPSA) is 35.0 Å². The molecule has 3 rings (SSSR count). The summed E-state index contributed by atoms with van der Waals surface area (Å²) in [6.45, 7) is 2.16. The second-order valence-electron chi connectivity index (χ2n) is 4.73. The van der Waals surface area contributed by atoms with Crippen LogP contribution >= 0.6 is 0 Å². The number of hydrogen-bond acceptors (Lipinski definition) is 1. The molecule has 1 heteroatoms. The largest absolute Gasteiger partial charge is 0.344 e. The first-order valence-electron chi connectivity index (χ1n) is 6.57. The standard InChI is InChI=1S/C19H16.H3N/c1-15-9-5-6-12-17(15)19-14-8-7-13-18(19)16-10-3-2-4-11-16;/h2-14H,1H3;1H3. The molecule has 0 heterocycles. The quantitative estimate of drug-likeness (QED) is 0.650. The van der Waals surface area contributed by atoms with Gasteiger partial charge in [0.25, 0.3) is 0 Å². The molecule has 0 aliphatic rings. The van der Waals surface area contributed by atoms with Crippen LogP contribution in [0.3, 0.4) is 0 Å². The molecular formula is C19H19N. The van der Waals surface area contributed by atoms with E-state index in [1.54, 1.807) is 0 Å². The molecule has 0 aromatic heterocycles. The van der Waals surface area contributed by atoms with Crippen molar-refractivity contribution in [3.8, 4) is 22.3 Å². The van der Waals surface area contributed by atoms with E-state index in [2.05, 4.69) is 85.8 Å². The average molecular weight is 261 g/mol. The Morgan fingerprint density at radius 2 is 1.00 bits per heavy atom. The van der Waals surface area contributed by atoms with Crippen molar-refractivity contribution in [2.24, 2.45) is 0 Å². The SMILES string of the molecule is Cc1ccccc1-c1ccccc1-c1ccccc1.N. The second kappa shape index (κ2) is 6.18. The maximum absolute atomic E-state index is 2.20. The first kappa shape index (κ1) is 14.0. The Labute approximate surface area is 120 Å². The number of hydrogen-bond donors (Lipinski definition) is 1. The van der Waals surface area contributed by atoms with Gasteiger partial charge in [0.2, 0.25) is 0 Å². The van der Waals surface area contributed by atoms with Crippen LogP contribution in [0.2, 0.25) is 0 Å². The lowest BCUT2D eigenvalue weighted by Crippen LogP contribution is -1.87. The normalized spacial score (nSPS) is 9.85. The summed E-state index contributed by atoms with van der Waals surface area (Å²) in [5.74, 6) is 0. The van der Waals surface area contributed by atoms with E-state index in [-0.39, 0.29) is 6.15 Å². The molecular weight excluding hydrogens is 242 g/mol. The summed E-state index contributed by atoms with van der Waals surface area (Å²) >= 11 is 0. The number of rotatable bonds is 2. The van der Waals surface area contributed by atoms with Gasteiger partial charge in [-0.15, -0.1) is 0 Å². The molecule has 0 saturated heterocycles. The fraction of sp³-hybridized carbons (Fsp3) is 0.0526. The molecule has 0 atom stereocenters. The van der Waals surface area contributed by atoms with Crippen LogP contribution in [0.4, 0.5) is 0 Å². The summed E-state index contributed by atoms with van der Waals surface area (Å²) in [5.41, 5.74) is 6.47. The smallest absolute Gasteiger partial charge is 0.0103 e. The van der Waals surface area contributed by atoms with Crippen LogP contribution in [0.5, 0.6) is 0 Å². The first-order chi connectivity index (χ1) is 9.36. The highest BCUT2D eigenvalue weighted by Gasteiger charge is 2.07. The summed E-state index contributed by atoms with van der Waals surface area (Å²) < 4.78 is 0. The van der Waals surface area contributed by atoms with Crippen LogP contribution in [0.25, 0.3) is 22.3 Å². The maximum Gasteiger partial charge on any atom is -0.0103 e. The van der Waals surface area contributed by atoms with Crippen LogP contribution < -0.4 is 6.15 Å². The van der Waals surface area contributed by atoms with Crippen molar-refractivity contribution in [1.82, 2.24) is 6.15 Å². The van der Waals surface area contributed by atoms with Crippen molar-refractivity contribution < 1.29 is 0 Å². The van der Waals surface area contributed by atoms with Crippen LogP contribution in [0.15, 0.2) is 78.9 Å². The summed E-state index contributed by atoms with van der Waals surface area (Å²) in [7, 11) is 0. The molecule has 20 heavy (non-hydrogen) atoms. The van der Waals surface area contributed by atoms with Crippen molar-refractivity contribution in [1.29, 1.82) is 0 Å². The van der Waals surface area contributed by atoms with Crippen LogP contribution in [-0.2, 0) is 0 Å². The van der Waals surface area contributed by atoms with E-state index in [1.165, 1.54) is 27.8 Å².